The Bertz CT molecular complexity index is 900. The third-order valence-corrected chi connectivity index (χ3v) is 4.10. The van der Waals surface area contributed by atoms with Gasteiger partial charge >= 0.3 is 5.97 Å². The molecule has 0 saturated carbocycles. The molecule has 4 heteroatoms. The summed E-state index contributed by atoms with van der Waals surface area (Å²) in [5.74, 6) is -0.810. The summed E-state index contributed by atoms with van der Waals surface area (Å²) in [6, 6.07) is 17.8. The Kier molecular flexibility index (Phi) is 5.23. The average molecular weight is 345 g/mol. The summed E-state index contributed by atoms with van der Waals surface area (Å²) < 4.78 is 5.59. The maximum atomic E-state index is 13.0. The van der Waals surface area contributed by atoms with E-state index in [1.54, 1.807) is 24.3 Å². The Morgan fingerprint density at radius 3 is 1.88 bits per heavy atom. The number of ketones is 1. The third-order valence-electron chi connectivity index (χ3n) is 4.10. The van der Waals surface area contributed by atoms with Gasteiger partial charge in [0, 0.05) is 23.5 Å². The van der Waals surface area contributed by atoms with Crippen LogP contribution in [-0.2, 0) is 4.74 Å². The normalized spacial score (nSPS) is 11.6. The molecule has 2 aromatic carbocycles. The van der Waals surface area contributed by atoms with Crippen molar-refractivity contribution in [3.63, 3.8) is 0 Å². The first-order chi connectivity index (χ1) is 12.5. The van der Waals surface area contributed by atoms with Gasteiger partial charge in [-0.25, -0.2) is 4.79 Å². The SMILES string of the molecule is Cc1ccc(C(=O)[C@@H](OC(=O)c2ccncc2)c2ccc(C)cc2)cc1. The first-order valence-electron chi connectivity index (χ1n) is 8.33. The first-order valence-corrected chi connectivity index (χ1v) is 8.33. The van der Waals surface area contributed by atoms with E-state index in [0.717, 1.165) is 11.1 Å². The zero-order chi connectivity index (χ0) is 18.5. The summed E-state index contributed by atoms with van der Waals surface area (Å²) in [7, 11) is 0. The van der Waals surface area contributed by atoms with Gasteiger partial charge in [0.2, 0.25) is 5.78 Å². The number of hydrogen-bond donors (Lipinski definition) is 0. The number of rotatable bonds is 5. The zero-order valence-corrected chi connectivity index (χ0v) is 14.7. The number of hydrogen-bond acceptors (Lipinski definition) is 4. The minimum absolute atomic E-state index is 0.253. The summed E-state index contributed by atoms with van der Waals surface area (Å²) in [6.45, 7) is 3.92. The molecule has 4 nitrogen and oxygen atoms in total. The molecule has 130 valence electrons. The van der Waals surface area contributed by atoms with Gasteiger partial charge in [-0.05, 0) is 26.0 Å². The molecule has 0 unspecified atom stereocenters. The second-order valence-electron chi connectivity index (χ2n) is 6.16. The van der Waals surface area contributed by atoms with Crippen molar-refractivity contribution in [1.29, 1.82) is 0 Å². The van der Waals surface area contributed by atoms with Gasteiger partial charge in [0.1, 0.15) is 0 Å². The molecule has 0 spiro atoms. The third kappa shape index (κ3) is 4.03. The highest BCUT2D eigenvalue weighted by atomic mass is 16.5. The molecule has 1 aromatic heterocycles. The van der Waals surface area contributed by atoms with Crippen molar-refractivity contribution >= 4 is 11.8 Å². The molecule has 0 aliphatic rings. The lowest BCUT2D eigenvalue weighted by molar-refractivity contribution is 0.0280. The standard InChI is InChI=1S/C22H19NO3/c1-15-3-7-17(8-4-15)20(24)21(18-9-5-16(2)6-10-18)26-22(25)19-11-13-23-14-12-19/h3-14,21H,1-2H3/t21-/m0/s1. The number of aryl methyl sites for hydroxylation is 2. The van der Waals surface area contributed by atoms with Crippen molar-refractivity contribution in [3.8, 4) is 0 Å². The number of benzene rings is 2. The lowest BCUT2D eigenvalue weighted by Gasteiger charge is -2.18. The number of Topliss-reactive ketones (excluding diaryl/α,β-unsaturated/α-hetero) is 1. The smallest absolute Gasteiger partial charge is 0.339 e. The second-order valence-corrected chi connectivity index (χ2v) is 6.16. The van der Waals surface area contributed by atoms with Crippen LogP contribution in [0.5, 0.6) is 0 Å². The van der Waals surface area contributed by atoms with Crippen LogP contribution in [0.3, 0.4) is 0 Å². The van der Waals surface area contributed by atoms with Crippen LogP contribution < -0.4 is 0 Å². The fourth-order valence-electron chi connectivity index (χ4n) is 2.55. The van der Waals surface area contributed by atoms with E-state index in [2.05, 4.69) is 4.98 Å². The molecule has 0 bridgehead atoms. The van der Waals surface area contributed by atoms with Gasteiger partial charge in [0.05, 0.1) is 5.56 Å². The number of carbonyl (C=O) groups is 2. The summed E-state index contributed by atoms with van der Waals surface area (Å²) in [4.78, 5) is 29.4. The minimum Gasteiger partial charge on any atom is -0.445 e. The van der Waals surface area contributed by atoms with Gasteiger partial charge in [0.25, 0.3) is 0 Å². The van der Waals surface area contributed by atoms with Crippen molar-refractivity contribution < 1.29 is 14.3 Å². The molecule has 0 aliphatic carbocycles. The topological polar surface area (TPSA) is 56.3 Å². The summed E-state index contributed by atoms with van der Waals surface area (Å²) in [5, 5.41) is 0. The largest absolute Gasteiger partial charge is 0.445 e. The van der Waals surface area contributed by atoms with Crippen LogP contribution in [0.2, 0.25) is 0 Å². The predicted octanol–water partition coefficient (Wildman–Crippen LogP) is 4.48. The van der Waals surface area contributed by atoms with Gasteiger partial charge in [0.15, 0.2) is 6.10 Å². The highest BCUT2D eigenvalue weighted by Crippen LogP contribution is 2.24. The average Bonchev–Trinajstić information content (AvgIpc) is 2.67. The highest BCUT2D eigenvalue weighted by molar-refractivity contribution is 6.02. The summed E-state index contributed by atoms with van der Waals surface area (Å²) in [5.41, 5.74) is 3.62. The van der Waals surface area contributed by atoms with Gasteiger partial charge in [-0.2, -0.15) is 0 Å². The van der Waals surface area contributed by atoms with E-state index in [4.69, 9.17) is 4.74 Å². The highest BCUT2D eigenvalue weighted by Gasteiger charge is 2.26. The predicted molar refractivity (Wildman–Crippen MR) is 99.1 cm³/mol. The van der Waals surface area contributed by atoms with Crippen LogP contribution >= 0.6 is 0 Å². The van der Waals surface area contributed by atoms with Crippen LogP contribution in [-0.4, -0.2) is 16.7 Å². The van der Waals surface area contributed by atoms with Gasteiger partial charge in [-0.3, -0.25) is 9.78 Å². The number of pyridine rings is 1. The van der Waals surface area contributed by atoms with E-state index >= 15 is 0 Å². The van der Waals surface area contributed by atoms with Crippen LogP contribution in [0.4, 0.5) is 0 Å². The maximum Gasteiger partial charge on any atom is 0.339 e. The van der Waals surface area contributed by atoms with Crippen molar-refractivity contribution in [2.24, 2.45) is 0 Å². The molecule has 0 N–H and O–H groups in total. The van der Waals surface area contributed by atoms with Gasteiger partial charge in [-0.1, -0.05) is 59.7 Å². The van der Waals surface area contributed by atoms with E-state index in [1.807, 2.05) is 50.2 Å². The molecule has 0 amide bonds. The van der Waals surface area contributed by atoms with Crippen LogP contribution in [0.25, 0.3) is 0 Å². The van der Waals surface area contributed by atoms with Crippen molar-refractivity contribution in [2.75, 3.05) is 0 Å². The molecule has 3 rings (SSSR count). The second kappa shape index (κ2) is 7.74. The summed E-state index contributed by atoms with van der Waals surface area (Å²) >= 11 is 0. The lowest BCUT2D eigenvalue weighted by Crippen LogP contribution is -2.20. The monoisotopic (exact) mass is 345 g/mol. The fraction of sp³-hybridized carbons (Fsp3) is 0.136. The van der Waals surface area contributed by atoms with E-state index in [1.165, 1.54) is 12.4 Å². The number of aromatic nitrogens is 1. The van der Waals surface area contributed by atoms with E-state index in [-0.39, 0.29) is 5.78 Å². The van der Waals surface area contributed by atoms with Gasteiger partial charge in [-0.15, -0.1) is 0 Å². The molecule has 26 heavy (non-hydrogen) atoms. The van der Waals surface area contributed by atoms with Crippen LogP contribution in [0.1, 0.15) is 43.5 Å². The molecule has 1 atom stereocenters. The Labute approximate surface area is 152 Å². The number of esters is 1. The molecular formula is C22H19NO3. The van der Waals surface area contributed by atoms with E-state index in [0.29, 0.717) is 16.7 Å². The Morgan fingerprint density at radius 2 is 1.31 bits per heavy atom. The van der Waals surface area contributed by atoms with Crippen LogP contribution in [0, 0.1) is 13.8 Å². The van der Waals surface area contributed by atoms with Crippen molar-refractivity contribution in [2.45, 2.75) is 20.0 Å². The molecule has 0 fully saturated rings. The Morgan fingerprint density at radius 1 is 0.769 bits per heavy atom. The molecule has 0 aliphatic heterocycles. The van der Waals surface area contributed by atoms with E-state index in [9.17, 15) is 9.59 Å². The van der Waals surface area contributed by atoms with E-state index < -0.39 is 12.1 Å². The number of ether oxygens (including phenoxy) is 1. The molecule has 3 aromatic rings. The quantitative estimate of drug-likeness (QED) is 0.505. The van der Waals surface area contributed by atoms with Crippen molar-refractivity contribution in [1.82, 2.24) is 4.98 Å². The number of nitrogens with zero attached hydrogens (tertiary/aromatic N) is 1. The van der Waals surface area contributed by atoms with Crippen molar-refractivity contribution in [3.05, 3.63) is 101 Å². The zero-order valence-electron chi connectivity index (χ0n) is 14.7. The molecule has 0 radical (unpaired) electrons. The molecule has 1 heterocycles. The number of carbonyl (C=O) groups excluding carboxylic acids is 2. The maximum absolute atomic E-state index is 13.0. The molecular weight excluding hydrogens is 326 g/mol. The Balaban J connectivity index is 1.93. The summed E-state index contributed by atoms with van der Waals surface area (Å²) in [6.07, 6.45) is 2.03. The minimum atomic E-state index is -1.00. The first kappa shape index (κ1) is 17.5. The van der Waals surface area contributed by atoms with Crippen LogP contribution in [0.15, 0.2) is 73.1 Å². The lowest BCUT2D eigenvalue weighted by atomic mass is 9.98. The fourth-order valence-corrected chi connectivity index (χ4v) is 2.55. The Hall–Kier alpha value is -3.27. The molecule has 0 saturated heterocycles. The van der Waals surface area contributed by atoms with Gasteiger partial charge < -0.3 is 4.74 Å².